The van der Waals surface area contributed by atoms with Gasteiger partial charge in [-0.1, -0.05) is 0 Å². The van der Waals surface area contributed by atoms with Gasteiger partial charge in [0.2, 0.25) is 0 Å². The topological polar surface area (TPSA) is 0 Å². The zero-order chi connectivity index (χ0) is 37.8. The molecule has 0 spiro atoms. The summed E-state index contributed by atoms with van der Waals surface area (Å²) in [5.74, 6) is 0. The minimum Gasteiger partial charge on any atom is -1.00 e. The smallest absolute Gasteiger partial charge is 1.00 e. The van der Waals surface area contributed by atoms with Crippen LogP contribution in [0, 0.1) is 41.5 Å². The molecule has 5 heteroatoms. The molecule has 7 rings (SSSR count). The van der Waals surface area contributed by atoms with Crippen LogP contribution in [0.1, 0.15) is 61.1 Å². The van der Waals surface area contributed by atoms with E-state index in [1.54, 1.807) is 0 Å². The summed E-state index contributed by atoms with van der Waals surface area (Å²) in [6.45, 7) is 23.8. The molecule has 0 fully saturated rings. The summed E-state index contributed by atoms with van der Waals surface area (Å²) in [5, 5.41) is 4.23. The molecular formula is C51H51Cl3SiTi. The van der Waals surface area contributed by atoms with E-state index in [1.165, 1.54) is 103 Å². The van der Waals surface area contributed by atoms with E-state index in [0.717, 1.165) is 0 Å². The molecule has 0 amide bonds. The van der Waals surface area contributed by atoms with Crippen LogP contribution in [0.4, 0.5) is 0 Å². The maximum Gasteiger partial charge on any atom is -1.00 e. The molecule has 0 saturated heterocycles. The number of allylic oxidation sites excluding steroid dienone is 4. The van der Waals surface area contributed by atoms with Gasteiger partial charge in [-0.25, -0.2) is 0 Å². The predicted molar refractivity (Wildman–Crippen MR) is 228 cm³/mol. The first-order valence-electron chi connectivity index (χ1n) is 18.9. The second-order valence-electron chi connectivity index (χ2n) is 15.7. The quantitative estimate of drug-likeness (QED) is 0.172. The van der Waals surface area contributed by atoms with Crippen molar-refractivity contribution in [3.05, 3.63) is 181 Å². The molecule has 6 aromatic rings. The van der Waals surface area contributed by atoms with Crippen molar-refractivity contribution in [3.63, 3.8) is 0 Å². The summed E-state index contributed by atoms with van der Waals surface area (Å²) in [6, 6.07) is 48.4. The number of rotatable bonds is 7. The van der Waals surface area contributed by atoms with Gasteiger partial charge in [-0.15, -0.1) is 0 Å². The van der Waals surface area contributed by atoms with Crippen LogP contribution < -0.4 is 52.8 Å². The molecule has 0 N–H and O–H groups in total. The normalized spacial score (nSPS) is 15.3. The molecule has 0 nitrogen and oxygen atoms in total. The summed E-state index contributed by atoms with van der Waals surface area (Å²) >= 11 is 2.44. The fourth-order valence-corrected chi connectivity index (χ4v) is 18.1. The molecule has 1 aliphatic carbocycles. The van der Waals surface area contributed by atoms with Crippen molar-refractivity contribution in [2.24, 2.45) is 0 Å². The molecule has 0 saturated carbocycles. The Morgan fingerprint density at radius 3 is 0.857 bits per heavy atom. The first kappa shape index (κ1) is 45.3. The third kappa shape index (κ3) is 7.19. The van der Waals surface area contributed by atoms with Crippen molar-refractivity contribution < 1.29 is 57.7 Å². The summed E-state index contributed by atoms with van der Waals surface area (Å²) in [7, 11) is -3.00. The second kappa shape index (κ2) is 17.6. The predicted octanol–water partition coefficient (Wildman–Crippen LogP) is 2.95. The maximum atomic E-state index is 2.60. The average molecular weight is 846 g/mol. The van der Waals surface area contributed by atoms with Crippen LogP contribution in [0.3, 0.4) is 0 Å². The Bertz CT molecular complexity index is 2130. The third-order valence-electron chi connectivity index (χ3n) is 12.6. The largest absolute Gasteiger partial charge is 1.00 e. The molecule has 1 aliphatic rings. The van der Waals surface area contributed by atoms with E-state index >= 15 is 0 Å². The van der Waals surface area contributed by atoms with Crippen molar-refractivity contribution in [2.75, 3.05) is 0 Å². The Labute approximate surface area is 367 Å². The second-order valence-corrected chi connectivity index (χ2v) is 20.7. The number of benzene rings is 6. The van der Waals surface area contributed by atoms with Gasteiger partial charge in [-0.3, -0.25) is 0 Å². The van der Waals surface area contributed by atoms with Crippen LogP contribution >= 0.6 is 0 Å². The molecule has 0 aliphatic heterocycles. The van der Waals surface area contributed by atoms with Gasteiger partial charge < -0.3 is 37.2 Å². The average Bonchev–Trinajstić information content (AvgIpc) is 3.28. The van der Waals surface area contributed by atoms with Gasteiger partial charge in [0.25, 0.3) is 0 Å². The van der Waals surface area contributed by atoms with Gasteiger partial charge in [0.05, 0.1) is 0 Å². The van der Waals surface area contributed by atoms with Crippen LogP contribution in [0.5, 0.6) is 0 Å². The Morgan fingerprint density at radius 2 is 0.643 bits per heavy atom. The molecule has 0 heterocycles. The van der Waals surface area contributed by atoms with Gasteiger partial charge in [0.1, 0.15) is 0 Å². The maximum absolute atomic E-state index is 3.00. The zero-order valence-electron chi connectivity index (χ0n) is 34.3. The number of aryl methyl sites for hydroxylation is 6. The van der Waals surface area contributed by atoms with Gasteiger partial charge in [0, 0.05) is 0 Å². The van der Waals surface area contributed by atoms with E-state index < -0.39 is 8.07 Å². The Hall–Kier alpha value is -3.40. The Kier molecular flexibility index (Phi) is 14.3. The number of hydrogen-bond acceptors (Lipinski definition) is 0. The van der Waals surface area contributed by atoms with Crippen LogP contribution in [0.25, 0.3) is 33.4 Å². The molecule has 0 bridgehead atoms. The number of hydrogen-bond donors (Lipinski definition) is 0. The van der Waals surface area contributed by atoms with E-state index in [1.807, 2.05) is 0 Å². The van der Waals surface area contributed by atoms with E-state index in [2.05, 4.69) is 217 Å². The summed E-state index contributed by atoms with van der Waals surface area (Å²) in [4.78, 5) is 0. The van der Waals surface area contributed by atoms with Crippen LogP contribution in [0.2, 0.25) is 5.04 Å². The molecule has 6 aromatic carbocycles. The van der Waals surface area contributed by atoms with E-state index in [-0.39, 0.29) is 42.3 Å². The molecule has 0 radical (unpaired) electrons. The summed E-state index contributed by atoms with van der Waals surface area (Å²) < 4.78 is 1.51. The fourth-order valence-electron chi connectivity index (χ4n) is 9.96. The van der Waals surface area contributed by atoms with E-state index in [4.69, 9.17) is 0 Å². The summed E-state index contributed by atoms with van der Waals surface area (Å²) in [5.41, 5.74) is 20.3. The van der Waals surface area contributed by atoms with Crippen LogP contribution in [0.15, 0.2) is 148 Å². The van der Waals surface area contributed by atoms with Gasteiger partial charge >= 0.3 is 333 Å². The molecule has 1 unspecified atom stereocenters. The molecular weight excluding hydrogens is 795 g/mol. The van der Waals surface area contributed by atoms with Crippen LogP contribution in [-0.2, 0) is 20.4 Å². The van der Waals surface area contributed by atoms with Gasteiger partial charge in [-0.05, 0) is 0 Å². The van der Waals surface area contributed by atoms with E-state index in [9.17, 15) is 0 Å². The molecule has 0 aromatic heterocycles. The van der Waals surface area contributed by atoms with Crippen molar-refractivity contribution >= 4 is 23.6 Å². The first-order chi connectivity index (χ1) is 25.3. The van der Waals surface area contributed by atoms with Crippen molar-refractivity contribution in [2.45, 2.75) is 74.3 Å². The van der Waals surface area contributed by atoms with Crippen molar-refractivity contribution in [1.29, 1.82) is 0 Å². The standard InChI is InChI=1S/C51H51Si.3ClH.Ti/c1-33-26-45(27-34(2)48(33)42-20-14-11-15-21-42)52(51(10)32-39(7)40(8)41(51)9,46-28-35(3)49(36(4)29-46)43-22-16-12-17-23-43)47-30-37(5)50(38(6)31-47)44-24-18-13-19-25-44;;;;/h11-31H,1-10H3;3*1H;/q;;;;+3/p-3. The monoisotopic (exact) mass is 844 g/mol. The summed E-state index contributed by atoms with van der Waals surface area (Å²) in [6.07, 6.45) is 0. The Balaban J connectivity index is 0.00000232. The third-order valence-corrected chi connectivity index (χ3v) is 19.9. The van der Waals surface area contributed by atoms with Gasteiger partial charge in [-0.2, -0.15) is 0 Å². The zero-order valence-corrected chi connectivity index (χ0v) is 39.1. The minimum atomic E-state index is -3.00. The van der Waals surface area contributed by atoms with Gasteiger partial charge in [0.15, 0.2) is 0 Å². The molecule has 1 atom stereocenters. The Morgan fingerprint density at radius 1 is 0.393 bits per heavy atom. The van der Waals surface area contributed by atoms with Crippen molar-refractivity contribution in [3.8, 4) is 33.4 Å². The number of halogens is 3. The van der Waals surface area contributed by atoms with Crippen LogP contribution in [-0.4, -0.2) is 8.07 Å². The molecule has 284 valence electrons. The van der Waals surface area contributed by atoms with Crippen molar-refractivity contribution in [1.82, 2.24) is 0 Å². The van der Waals surface area contributed by atoms with E-state index in [0.29, 0.717) is 0 Å². The first-order valence-corrected chi connectivity index (χ1v) is 21.7. The molecule has 56 heavy (non-hydrogen) atoms. The fraction of sp³-hybridized carbons (Fsp3) is 0.216. The minimum absolute atomic E-state index is 0. The SMILES string of the molecule is CC1=C(C)C(C)([Si](c2cc(C)c(-c3ccccc3)c(C)c2)(c2cc(C)c(-c3ccccc3)c(C)c2)c2cc(C)c(-c3ccccc3)c(C)c2)[C]([Ti+3])=C1C.[Cl-].[Cl-].[Cl-].